The summed E-state index contributed by atoms with van der Waals surface area (Å²) in [7, 11) is 0. The van der Waals surface area contributed by atoms with Gasteiger partial charge in [-0.1, -0.05) is 23.7 Å². The number of nitrogens with zero attached hydrogens (tertiary/aromatic N) is 1. The van der Waals surface area contributed by atoms with E-state index in [9.17, 15) is 0 Å². The second-order valence-electron chi connectivity index (χ2n) is 3.56. The Labute approximate surface area is 104 Å². The number of benzene rings is 2. The highest BCUT2D eigenvalue weighted by Crippen LogP contribution is 2.33. The van der Waals surface area contributed by atoms with E-state index in [0.29, 0.717) is 29.5 Å². The minimum Gasteiger partial charge on any atom is -0.491 e. The summed E-state index contributed by atoms with van der Waals surface area (Å²) >= 11 is 6.22. The van der Waals surface area contributed by atoms with Crippen LogP contribution in [0.2, 0.25) is 5.02 Å². The minimum atomic E-state index is 0.432. The van der Waals surface area contributed by atoms with Crippen LogP contribution in [0.25, 0.3) is 10.8 Å². The third-order valence-electron chi connectivity index (χ3n) is 2.42. The average molecular weight is 247 g/mol. The van der Waals surface area contributed by atoms with Gasteiger partial charge >= 0.3 is 0 Å². The average Bonchev–Trinajstić information content (AvgIpc) is 2.37. The van der Waals surface area contributed by atoms with Crippen LogP contribution in [0.5, 0.6) is 5.75 Å². The van der Waals surface area contributed by atoms with Crippen molar-refractivity contribution in [1.82, 2.24) is 0 Å². The number of halogens is 1. The lowest BCUT2D eigenvalue weighted by Gasteiger charge is -2.09. The van der Waals surface area contributed by atoms with Crippen molar-refractivity contribution in [3.8, 4) is 11.8 Å². The van der Waals surface area contributed by atoms with Gasteiger partial charge < -0.3 is 10.5 Å². The Morgan fingerprint density at radius 1 is 1.29 bits per heavy atom. The highest BCUT2D eigenvalue weighted by molar-refractivity contribution is 6.37. The maximum Gasteiger partial charge on any atom is 0.138 e. The Morgan fingerprint density at radius 2 is 2.12 bits per heavy atom. The molecule has 86 valence electrons. The SMILES string of the molecule is N#Cc1ccc2c(Cl)c(OCCN)ccc2c1. The summed E-state index contributed by atoms with van der Waals surface area (Å²) < 4.78 is 5.43. The van der Waals surface area contributed by atoms with Gasteiger partial charge in [-0.25, -0.2) is 0 Å². The molecule has 0 fully saturated rings. The molecule has 2 rings (SSSR count). The molecule has 0 amide bonds. The van der Waals surface area contributed by atoms with E-state index in [-0.39, 0.29) is 0 Å². The lowest BCUT2D eigenvalue weighted by atomic mass is 10.1. The molecule has 0 saturated heterocycles. The molecule has 4 heteroatoms. The fraction of sp³-hybridized carbons (Fsp3) is 0.154. The van der Waals surface area contributed by atoms with Crippen LogP contribution in [-0.4, -0.2) is 13.2 Å². The van der Waals surface area contributed by atoms with Crippen molar-refractivity contribution < 1.29 is 4.74 Å². The molecular formula is C13H11ClN2O. The lowest BCUT2D eigenvalue weighted by molar-refractivity contribution is 0.329. The molecule has 0 aliphatic carbocycles. The molecule has 0 aromatic heterocycles. The molecule has 2 N–H and O–H groups in total. The van der Waals surface area contributed by atoms with Gasteiger partial charge in [-0.2, -0.15) is 5.26 Å². The van der Waals surface area contributed by atoms with Crippen LogP contribution >= 0.6 is 11.6 Å². The molecule has 17 heavy (non-hydrogen) atoms. The topological polar surface area (TPSA) is 59.0 Å². The normalized spacial score (nSPS) is 10.2. The molecular weight excluding hydrogens is 236 g/mol. The van der Waals surface area contributed by atoms with Gasteiger partial charge in [0.05, 0.1) is 16.7 Å². The fourth-order valence-electron chi connectivity index (χ4n) is 1.62. The van der Waals surface area contributed by atoms with Gasteiger partial charge in [-0.3, -0.25) is 0 Å². The monoisotopic (exact) mass is 246 g/mol. The molecule has 0 bridgehead atoms. The molecule has 0 unspecified atom stereocenters. The van der Waals surface area contributed by atoms with E-state index < -0.39 is 0 Å². The number of rotatable bonds is 3. The fourth-order valence-corrected chi connectivity index (χ4v) is 1.91. The van der Waals surface area contributed by atoms with Crippen LogP contribution in [-0.2, 0) is 0 Å². The molecule has 0 saturated carbocycles. The van der Waals surface area contributed by atoms with E-state index in [0.717, 1.165) is 10.8 Å². The van der Waals surface area contributed by atoms with Crippen LogP contribution in [0.4, 0.5) is 0 Å². The van der Waals surface area contributed by atoms with Crippen molar-refractivity contribution in [2.75, 3.05) is 13.2 Å². The summed E-state index contributed by atoms with van der Waals surface area (Å²) in [6.07, 6.45) is 0. The Morgan fingerprint density at radius 3 is 2.82 bits per heavy atom. The number of hydrogen-bond acceptors (Lipinski definition) is 3. The molecule has 3 nitrogen and oxygen atoms in total. The summed E-state index contributed by atoms with van der Waals surface area (Å²) in [5.41, 5.74) is 5.99. The Hall–Kier alpha value is -1.76. The summed E-state index contributed by atoms with van der Waals surface area (Å²) in [5, 5.41) is 11.2. The highest BCUT2D eigenvalue weighted by Gasteiger charge is 2.06. The van der Waals surface area contributed by atoms with E-state index in [1.807, 2.05) is 12.1 Å². The number of fused-ring (bicyclic) bond motifs is 1. The van der Waals surface area contributed by atoms with Crippen molar-refractivity contribution >= 4 is 22.4 Å². The van der Waals surface area contributed by atoms with E-state index in [1.54, 1.807) is 18.2 Å². The second-order valence-corrected chi connectivity index (χ2v) is 3.94. The number of hydrogen-bond donors (Lipinski definition) is 1. The minimum absolute atomic E-state index is 0.432. The number of nitrogens with two attached hydrogens (primary N) is 1. The maximum atomic E-state index is 8.82. The van der Waals surface area contributed by atoms with E-state index >= 15 is 0 Å². The Kier molecular flexibility index (Phi) is 3.48. The molecule has 2 aromatic rings. The second kappa shape index (κ2) is 5.05. The molecule has 0 radical (unpaired) electrons. The van der Waals surface area contributed by atoms with Crippen LogP contribution in [0.3, 0.4) is 0 Å². The Bertz CT molecular complexity index is 590. The van der Waals surface area contributed by atoms with E-state index in [4.69, 9.17) is 27.3 Å². The summed E-state index contributed by atoms with van der Waals surface area (Å²) in [4.78, 5) is 0. The number of ether oxygens (including phenoxy) is 1. The molecule has 0 spiro atoms. The lowest BCUT2D eigenvalue weighted by Crippen LogP contribution is -2.10. The smallest absolute Gasteiger partial charge is 0.138 e. The standard InChI is InChI=1S/C13H11ClN2O/c14-13-11-3-1-9(8-16)7-10(11)2-4-12(13)17-6-5-15/h1-4,7H,5-6,15H2. The maximum absolute atomic E-state index is 8.82. The zero-order valence-electron chi connectivity index (χ0n) is 9.11. The summed E-state index contributed by atoms with van der Waals surface area (Å²) in [5.74, 6) is 0.620. The first-order valence-electron chi connectivity index (χ1n) is 5.21. The van der Waals surface area contributed by atoms with Crippen LogP contribution < -0.4 is 10.5 Å². The van der Waals surface area contributed by atoms with Gasteiger partial charge in [0.2, 0.25) is 0 Å². The third kappa shape index (κ3) is 2.33. The van der Waals surface area contributed by atoms with Crippen LogP contribution in [0, 0.1) is 11.3 Å². The zero-order valence-corrected chi connectivity index (χ0v) is 9.87. The van der Waals surface area contributed by atoms with Gasteiger partial charge in [0.15, 0.2) is 0 Å². The van der Waals surface area contributed by atoms with Crippen LogP contribution in [0.1, 0.15) is 5.56 Å². The summed E-state index contributed by atoms with van der Waals surface area (Å²) in [6.45, 7) is 0.878. The third-order valence-corrected chi connectivity index (χ3v) is 2.81. The first-order valence-corrected chi connectivity index (χ1v) is 5.59. The van der Waals surface area contributed by atoms with E-state index in [2.05, 4.69) is 6.07 Å². The van der Waals surface area contributed by atoms with Crippen LogP contribution in [0.15, 0.2) is 30.3 Å². The largest absolute Gasteiger partial charge is 0.491 e. The number of nitriles is 1. The molecule has 0 aliphatic heterocycles. The van der Waals surface area contributed by atoms with Crippen molar-refractivity contribution in [1.29, 1.82) is 5.26 Å². The predicted molar refractivity (Wildman–Crippen MR) is 68.2 cm³/mol. The van der Waals surface area contributed by atoms with Gasteiger partial charge in [-0.05, 0) is 23.6 Å². The molecule has 0 heterocycles. The Balaban J connectivity index is 2.49. The van der Waals surface area contributed by atoms with Crippen molar-refractivity contribution in [3.63, 3.8) is 0 Å². The van der Waals surface area contributed by atoms with Crippen molar-refractivity contribution in [3.05, 3.63) is 40.9 Å². The molecule has 0 aliphatic rings. The summed E-state index contributed by atoms with van der Waals surface area (Å²) in [6, 6.07) is 11.1. The molecule has 2 aromatic carbocycles. The van der Waals surface area contributed by atoms with Gasteiger partial charge in [0.1, 0.15) is 12.4 Å². The van der Waals surface area contributed by atoms with Gasteiger partial charge in [0.25, 0.3) is 0 Å². The highest BCUT2D eigenvalue weighted by atomic mass is 35.5. The van der Waals surface area contributed by atoms with Crippen molar-refractivity contribution in [2.24, 2.45) is 5.73 Å². The zero-order chi connectivity index (χ0) is 12.3. The quantitative estimate of drug-likeness (QED) is 0.906. The van der Waals surface area contributed by atoms with Gasteiger partial charge in [0, 0.05) is 11.9 Å². The van der Waals surface area contributed by atoms with Crippen molar-refractivity contribution in [2.45, 2.75) is 0 Å². The first kappa shape index (κ1) is 11.7. The van der Waals surface area contributed by atoms with Gasteiger partial charge in [-0.15, -0.1) is 0 Å². The first-order chi connectivity index (χ1) is 8.26. The molecule has 0 atom stereocenters. The van der Waals surface area contributed by atoms with E-state index in [1.165, 1.54) is 0 Å². The predicted octanol–water partition coefficient (Wildman–Crippen LogP) is 2.70.